The first-order valence-electron chi connectivity index (χ1n) is 9.60. The number of ether oxygens (including phenoxy) is 2. The molecule has 0 aromatic heterocycles. The molecule has 0 spiro atoms. The van der Waals surface area contributed by atoms with E-state index in [1.165, 1.54) is 11.1 Å². The van der Waals surface area contributed by atoms with Crippen LogP contribution in [0, 0.1) is 29.6 Å². The van der Waals surface area contributed by atoms with Gasteiger partial charge in [-0.25, -0.2) is 4.39 Å². The Labute approximate surface area is 156 Å². The molecule has 0 saturated carbocycles. The standard InChI is InChI=1S/C22H30FNO2/c1-15(2)10-18-14-24-9-7-17-12-21(25-3)22(26-4)13-19(17)20(24)11-16(18)6-5-8-23/h12-13,15-16,18,20H,7-11,14H2,1-4H3/t16-,18?,20?/m0/s1. The maximum atomic E-state index is 12.7. The fourth-order valence-electron chi connectivity index (χ4n) is 4.63. The summed E-state index contributed by atoms with van der Waals surface area (Å²) < 4.78 is 23.7. The lowest BCUT2D eigenvalue weighted by atomic mass is 9.74. The molecule has 3 nitrogen and oxygen atoms in total. The van der Waals surface area contributed by atoms with Crippen molar-refractivity contribution in [3.8, 4) is 23.3 Å². The van der Waals surface area contributed by atoms with Gasteiger partial charge in [0.25, 0.3) is 0 Å². The summed E-state index contributed by atoms with van der Waals surface area (Å²) in [6, 6.07) is 4.59. The van der Waals surface area contributed by atoms with Crippen LogP contribution in [0.5, 0.6) is 11.5 Å². The molecule has 0 bridgehead atoms. The van der Waals surface area contributed by atoms with Gasteiger partial charge in [0.1, 0.15) is 6.67 Å². The van der Waals surface area contributed by atoms with Crippen molar-refractivity contribution in [2.75, 3.05) is 34.0 Å². The van der Waals surface area contributed by atoms with Crippen molar-refractivity contribution in [2.45, 2.75) is 39.2 Å². The fraction of sp³-hybridized carbons (Fsp3) is 0.636. The van der Waals surface area contributed by atoms with Crippen LogP contribution in [0.1, 0.15) is 43.9 Å². The highest BCUT2D eigenvalue weighted by molar-refractivity contribution is 5.49. The van der Waals surface area contributed by atoms with Gasteiger partial charge in [-0.15, -0.1) is 0 Å². The van der Waals surface area contributed by atoms with Crippen molar-refractivity contribution in [1.82, 2.24) is 4.90 Å². The van der Waals surface area contributed by atoms with Crippen molar-refractivity contribution >= 4 is 0 Å². The highest BCUT2D eigenvalue weighted by Crippen LogP contribution is 2.45. The van der Waals surface area contributed by atoms with Gasteiger partial charge in [0.2, 0.25) is 0 Å². The van der Waals surface area contributed by atoms with Crippen LogP contribution >= 0.6 is 0 Å². The summed E-state index contributed by atoms with van der Waals surface area (Å²) in [7, 11) is 3.36. The van der Waals surface area contributed by atoms with Gasteiger partial charge < -0.3 is 9.47 Å². The second-order valence-electron chi connectivity index (χ2n) is 7.85. The van der Waals surface area contributed by atoms with E-state index < -0.39 is 6.67 Å². The first-order chi connectivity index (χ1) is 12.6. The van der Waals surface area contributed by atoms with Crippen molar-refractivity contribution in [3.63, 3.8) is 0 Å². The molecule has 26 heavy (non-hydrogen) atoms. The molecule has 2 heterocycles. The lowest BCUT2D eigenvalue weighted by Gasteiger charge is -2.46. The van der Waals surface area contributed by atoms with Gasteiger partial charge in [0.15, 0.2) is 11.5 Å². The molecule has 2 aliphatic rings. The van der Waals surface area contributed by atoms with Crippen molar-refractivity contribution in [2.24, 2.45) is 17.8 Å². The Bertz CT molecular complexity index is 691. The average molecular weight is 359 g/mol. The van der Waals surface area contributed by atoms with Crippen LogP contribution in [-0.4, -0.2) is 38.9 Å². The molecule has 0 aliphatic carbocycles. The summed E-state index contributed by atoms with van der Waals surface area (Å²) in [5.41, 5.74) is 2.66. The molecule has 1 aromatic rings. The van der Waals surface area contributed by atoms with Crippen LogP contribution in [0.3, 0.4) is 0 Å². The number of methoxy groups -OCH3 is 2. The van der Waals surface area contributed by atoms with Crippen LogP contribution in [0.2, 0.25) is 0 Å². The van der Waals surface area contributed by atoms with Gasteiger partial charge in [-0.2, -0.15) is 0 Å². The van der Waals surface area contributed by atoms with E-state index in [0.29, 0.717) is 17.9 Å². The molecule has 0 radical (unpaired) electrons. The van der Waals surface area contributed by atoms with Gasteiger partial charge in [0, 0.05) is 25.0 Å². The van der Waals surface area contributed by atoms with Gasteiger partial charge >= 0.3 is 0 Å². The zero-order valence-electron chi connectivity index (χ0n) is 16.3. The molecule has 1 saturated heterocycles. The zero-order chi connectivity index (χ0) is 18.7. The van der Waals surface area contributed by atoms with Gasteiger partial charge in [0.05, 0.1) is 14.2 Å². The van der Waals surface area contributed by atoms with Crippen LogP contribution in [-0.2, 0) is 6.42 Å². The highest BCUT2D eigenvalue weighted by atomic mass is 19.1. The smallest absolute Gasteiger partial charge is 0.161 e. The molecule has 2 aliphatic heterocycles. The minimum absolute atomic E-state index is 0.258. The number of fused-ring (bicyclic) bond motifs is 3. The number of halogens is 1. The fourth-order valence-corrected chi connectivity index (χ4v) is 4.63. The van der Waals surface area contributed by atoms with Crippen molar-refractivity contribution in [1.29, 1.82) is 0 Å². The molecule has 0 amide bonds. The van der Waals surface area contributed by atoms with Gasteiger partial charge in [-0.3, -0.25) is 4.90 Å². The Morgan fingerprint density at radius 3 is 2.62 bits per heavy atom. The number of alkyl halides is 1. The third-order valence-corrected chi connectivity index (χ3v) is 5.76. The summed E-state index contributed by atoms with van der Waals surface area (Å²) >= 11 is 0. The van der Waals surface area contributed by atoms with E-state index in [2.05, 4.69) is 42.7 Å². The predicted molar refractivity (Wildman–Crippen MR) is 102 cm³/mol. The van der Waals surface area contributed by atoms with Crippen molar-refractivity contribution in [3.05, 3.63) is 23.3 Å². The molecular formula is C22H30FNO2. The maximum absolute atomic E-state index is 12.7. The number of piperidine rings is 1. The quantitative estimate of drug-likeness (QED) is 0.750. The van der Waals surface area contributed by atoms with E-state index in [9.17, 15) is 4.39 Å². The maximum Gasteiger partial charge on any atom is 0.161 e. The number of nitrogens with zero attached hydrogens (tertiary/aromatic N) is 1. The number of hydrogen-bond donors (Lipinski definition) is 0. The third kappa shape index (κ3) is 3.83. The minimum atomic E-state index is -0.555. The molecule has 1 fully saturated rings. The van der Waals surface area contributed by atoms with Crippen LogP contribution in [0.15, 0.2) is 12.1 Å². The van der Waals surface area contributed by atoms with Gasteiger partial charge in [-0.05, 0) is 54.4 Å². The van der Waals surface area contributed by atoms with E-state index in [-0.39, 0.29) is 5.92 Å². The lowest BCUT2D eigenvalue weighted by molar-refractivity contribution is 0.0649. The summed E-state index contributed by atoms with van der Waals surface area (Å²) in [4.78, 5) is 2.59. The minimum Gasteiger partial charge on any atom is -0.493 e. The summed E-state index contributed by atoms with van der Waals surface area (Å²) in [6.07, 6.45) is 3.14. The SMILES string of the molecule is COc1cc2c(cc1OC)C1C[C@H](C#CCF)C(CC(C)C)CN1CC2. The molecule has 142 valence electrons. The highest BCUT2D eigenvalue weighted by Gasteiger charge is 2.38. The van der Waals surface area contributed by atoms with E-state index in [1.807, 2.05) is 0 Å². The van der Waals surface area contributed by atoms with E-state index in [1.54, 1.807) is 14.2 Å². The van der Waals surface area contributed by atoms with Crippen LogP contribution in [0.25, 0.3) is 0 Å². The largest absolute Gasteiger partial charge is 0.493 e. The third-order valence-electron chi connectivity index (χ3n) is 5.76. The molecule has 0 N–H and O–H groups in total. The first-order valence-corrected chi connectivity index (χ1v) is 9.60. The number of rotatable bonds is 4. The average Bonchev–Trinajstić information content (AvgIpc) is 2.64. The molecule has 1 aromatic carbocycles. The Morgan fingerprint density at radius 1 is 1.23 bits per heavy atom. The first kappa shape index (κ1) is 19.0. The second-order valence-corrected chi connectivity index (χ2v) is 7.85. The second kappa shape index (κ2) is 8.31. The predicted octanol–water partition coefficient (Wildman–Crippen LogP) is 4.26. The molecule has 4 heteroatoms. The summed E-state index contributed by atoms with van der Waals surface area (Å²) in [6.45, 7) is 6.07. The molecule has 2 unspecified atom stereocenters. The topological polar surface area (TPSA) is 21.7 Å². The Morgan fingerprint density at radius 2 is 1.96 bits per heavy atom. The Balaban J connectivity index is 1.92. The van der Waals surface area contributed by atoms with Crippen molar-refractivity contribution < 1.29 is 13.9 Å². The van der Waals surface area contributed by atoms with E-state index in [0.717, 1.165) is 43.9 Å². The van der Waals surface area contributed by atoms with Crippen LogP contribution in [0.4, 0.5) is 4.39 Å². The summed E-state index contributed by atoms with van der Waals surface area (Å²) in [5, 5.41) is 0. The lowest BCUT2D eigenvalue weighted by Crippen LogP contribution is -2.46. The zero-order valence-corrected chi connectivity index (χ0v) is 16.3. The normalized spacial score (nSPS) is 25.1. The molecular weight excluding hydrogens is 329 g/mol. The molecule has 3 atom stereocenters. The number of hydrogen-bond acceptors (Lipinski definition) is 3. The van der Waals surface area contributed by atoms with E-state index in [4.69, 9.17) is 9.47 Å². The number of benzene rings is 1. The van der Waals surface area contributed by atoms with Gasteiger partial charge in [-0.1, -0.05) is 25.7 Å². The molecule has 3 rings (SSSR count). The van der Waals surface area contributed by atoms with Crippen LogP contribution < -0.4 is 9.47 Å². The Hall–Kier alpha value is -1.73. The Kier molecular flexibility index (Phi) is 6.09. The monoisotopic (exact) mass is 359 g/mol. The summed E-state index contributed by atoms with van der Waals surface area (Å²) in [5.74, 6) is 8.92. The van der Waals surface area contributed by atoms with E-state index >= 15 is 0 Å².